The number of hydrogen-bond acceptors (Lipinski definition) is 3. The molecule has 0 aromatic carbocycles. The Morgan fingerprint density at radius 3 is 3.08 bits per heavy atom. The van der Waals surface area contributed by atoms with Crippen molar-refractivity contribution in [2.24, 2.45) is 11.7 Å². The molecule has 0 saturated carbocycles. The van der Waals surface area contributed by atoms with Gasteiger partial charge in [-0.1, -0.05) is 0 Å². The topological polar surface area (TPSA) is 47.3 Å². The summed E-state index contributed by atoms with van der Waals surface area (Å²) in [7, 11) is 1.94. The van der Waals surface area contributed by atoms with Crippen LogP contribution in [0.2, 0.25) is 0 Å². The molecule has 1 heterocycles. The zero-order valence-electron chi connectivity index (χ0n) is 7.88. The van der Waals surface area contributed by atoms with Crippen molar-refractivity contribution in [2.75, 3.05) is 26.8 Å². The van der Waals surface area contributed by atoms with Crippen molar-refractivity contribution < 1.29 is 4.74 Å². The van der Waals surface area contributed by atoms with E-state index in [0.717, 1.165) is 26.2 Å². The molecular formula is C9H20N2O. The van der Waals surface area contributed by atoms with Gasteiger partial charge >= 0.3 is 0 Å². The minimum absolute atomic E-state index is 0.293. The fourth-order valence-corrected chi connectivity index (χ4v) is 1.77. The van der Waals surface area contributed by atoms with Crippen LogP contribution in [-0.4, -0.2) is 32.8 Å². The van der Waals surface area contributed by atoms with Crippen molar-refractivity contribution in [1.29, 1.82) is 0 Å². The summed E-state index contributed by atoms with van der Waals surface area (Å²) in [4.78, 5) is 0. The quantitative estimate of drug-likeness (QED) is 0.643. The van der Waals surface area contributed by atoms with E-state index in [2.05, 4.69) is 5.32 Å². The highest BCUT2D eigenvalue weighted by molar-refractivity contribution is 4.71. The van der Waals surface area contributed by atoms with Crippen LogP contribution in [0.4, 0.5) is 0 Å². The third-order valence-corrected chi connectivity index (χ3v) is 2.36. The first-order chi connectivity index (χ1) is 5.83. The number of nitrogens with two attached hydrogens (primary N) is 1. The minimum atomic E-state index is 0.293. The van der Waals surface area contributed by atoms with Crippen molar-refractivity contribution in [2.45, 2.75) is 25.3 Å². The van der Waals surface area contributed by atoms with Crippen molar-refractivity contribution in [1.82, 2.24) is 5.32 Å². The molecule has 0 aromatic rings. The molecule has 0 spiro atoms. The Morgan fingerprint density at radius 1 is 1.67 bits per heavy atom. The molecule has 72 valence electrons. The number of nitrogens with one attached hydrogen (secondary N) is 1. The van der Waals surface area contributed by atoms with Gasteiger partial charge in [-0.2, -0.15) is 0 Å². The van der Waals surface area contributed by atoms with E-state index in [-0.39, 0.29) is 0 Å². The maximum absolute atomic E-state index is 5.90. The predicted octanol–water partition coefficient (Wildman–Crippen LogP) is 0.350. The number of hydrogen-bond donors (Lipinski definition) is 2. The monoisotopic (exact) mass is 172 g/mol. The summed E-state index contributed by atoms with van der Waals surface area (Å²) < 4.78 is 5.39. The van der Waals surface area contributed by atoms with Crippen LogP contribution in [0.15, 0.2) is 0 Å². The van der Waals surface area contributed by atoms with Gasteiger partial charge in [0.2, 0.25) is 0 Å². The van der Waals surface area contributed by atoms with Gasteiger partial charge in [0.25, 0.3) is 0 Å². The molecule has 0 aromatic heterocycles. The predicted molar refractivity (Wildman–Crippen MR) is 50.1 cm³/mol. The molecule has 0 bridgehead atoms. The normalized spacial score (nSPS) is 27.0. The Morgan fingerprint density at radius 2 is 2.50 bits per heavy atom. The van der Waals surface area contributed by atoms with E-state index < -0.39 is 0 Å². The average Bonchev–Trinajstić information content (AvgIpc) is 2.06. The highest BCUT2D eigenvalue weighted by Gasteiger charge is 2.16. The first kappa shape index (κ1) is 9.96. The molecule has 3 N–H and O–H groups in total. The summed E-state index contributed by atoms with van der Waals surface area (Å²) in [6, 6.07) is 0.293. The van der Waals surface area contributed by atoms with Crippen molar-refractivity contribution >= 4 is 0 Å². The lowest BCUT2D eigenvalue weighted by Gasteiger charge is -2.24. The molecule has 1 aliphatic rings. The van der Waals surface area contributed by atoms with Crippen LogP contribution >= 0.6 is 0 Å². The second-order valence-electron chi connectivity index (χ2n) is 3.64. The zero-order valence-corrected chi connectivity index (χ0v) is 7.88. The van der Waals surface area contributed by atoms with Crippen molar-refractivity contribution in [3.63, 3.8) is 0 Å². The van der Waals surface area contributed by atoms with Crippen molar-refractivity contribution in [3.8, 4) is 0 Å². The molecule has 12 heavy (non-hydrogen) atoms. The molecule has 1 aliphatic heterocycles. The summed E-state index contributed by atoms with van der Waals surface area (Å²) in [6.45, 7) is 2.77. The fourth-order valence-electron chi connectivity index (χ4n) is 1.77. The summed E-state index contributed by atoms with van der Waals surface area (Å²) in [6.07, 6.45) is 3.59. The molecule has 1 saturated heterocycles. The van der Waals surface area contributed by atoms with Gasteiger partial charge in [-0.15, -0.1) is 0 Å². The van der Waals surface area contributed by atoms with E-state index >= 15 is 0 Å². The van der Waals surface area contributed by atoms with Gasteiger partial charge in [-0.25, -0.2) is 0 Å². The van der Waals surface area contributed by atoms with Crippen LogP contribution in [0, 0.1) is 5.92 Å². The molecule has 0 aliphatic carbocycles. The Hall–Kier alpha value is -0.120. The minimum Gasteiger partial charge on any atom is -0.381 e. The molecular weight excluding hydrogens is 152 g/mol. The lowest BCUT2D eigenvalue weighted by molar-refractivity contribution is 0.0492. The Balaban J connectivity index is 2.11. The summed E-state index contributed by atoms with van der Waals surface area (Å²) in [5.41, 5.74) is 5.90. The molecule has 0 amide bonds. The van der Waals surface area contributed by atoms with Crippen LogP contribution in [0.5, 0.6) is 0 Å². The van der Waals surface area contributed by atoms with E-state index in [9.17, 15) is 0 Å². The summed E-state index contributed by atoms with van der Waals surface area (Å²) in [5.74, 6) is 0.696. The van der Waals surface area contributed by atoms with Crippen LogP contribution in [0.25, 0.3) is 0 Å². The SMILES string of the molecule is CNC[C@@H](N)CC1CCCOC1. The van der Waals surface area contributed by atoms with Gasteiger partial charge in [-0.05, 0) is 32.2 Å². The molecule has 2 atom stereocenters. The Labute approximate surface area is 74.7 Å². The standard InChI is InChI=1S/C9H20N2O/c1-11-6-9(10)5-8-3-2-4-12-7-8/h8-9,11H,2-7,10H2,1H3/t8?,9-/m0/s1. The average molecular weight is 172 g/mol. The number of ether oxygens (including phenoxy) is 1. The highest BCUT2D eigenvalue weighted by Crippen LogP contribution is 2.17. The van der Waals surface area contributed by atoms with Crippen molar-refractivity contribution in [3.05, 3.63) is 0 Å². The van der Waals surface area contributed by atoms with E-state index in [4.69, 9.17) is 10.5 Å². The van der Waals surface area contributed by atoms with Crippen LogP contribution < -0.4 is 11.1 Å². The van der Waals surface area contributed by atoms with E-state index in [0.29, 0.717) is 12.0 Å². The molecule has 3 nitrogen and oxygen atoms in total. The smallest absolute Gasteiger partial charge is 0.0494 e. The van der Waals surface area contributed by atoms with Crippen LogP contribution in [0.1, 0.15) is 19.3 Å². The molecule has 1 fully saturated rings. The van der Waals surface area contributed by atoms with E-state index in [1.54, 1.807) is 0 Å². The van der Waals surface area contributed by atoms with Gasteiger partial charge in [0.05, 0.1) is 0 Å². The van der Waals surface area contributed by atoms with Gasteiger partial charge in [-0.3, -0.25) is 0 Å². The lowest BCUT2D eigenvalue weighted by atomic mass is 9.95. The van der Waals surface area contributed by atoms with Gasteiger partial charge in [0, 0.05) is 25.8 Å². The molecule has 0 radical (unpaired) electrons. The summed E-state index contributed by atoms with van der Waals surface area (Å²) in [5, 5.41) is 3.09. The molecule has 1 unspecified atom stereocenters. The van der Waals surface area contributed by atoms with Gasteiger partial charge in [0.15, 0.2) is 0 Å². The molecule has 3 heteroatoms. The lowest BCUT2D eigenvalue weighted by Crippen LogP contribution is -2.35. The van der Waals surface area contributed by atoms with Crippen LogP contribution in [-0.2, 0) is 4.74 Å². The Kier molecular flexibility index (Phi) is 4.58. The third kappa shape index (κ3) is 3.52. The third-order valence-electron chi connectivity index (χ3n) is 2.36. The number of likely N-dealkylation sites (N-methyl/N-ethyl adjacent to an activating group) is 1. The van der Waals surface area contributed by atoms with E-state index in [1.807, 2.05) is 7.05 Å². The second kappa shape index (κ2) is 5.51. The maximum atomic E-state index is 5.90. The van der Waals surface area contributed by atoms with Crippen LogP contribution in [0.3, 0.4) is 0 Å². The van der Waals surface area contributed by atoms with Gasteiger partial charge < -0.3 is 15.8 Å². The van der Waals surface area contributed by atoms with Gasteiger partial charge in [0.1, 0.15) is 0 Å². The first-order valence-electron chi connectivity index (χ1n) is 4.81. The van der Waals surface area contributed by atoms with E-state index in [1.165, 1.54) is 12.8 Å². The number of rotatable bonds is 4. The largest absolute Gasteiger partial charge is 0.381 e. The zero-order chi connectivity index (χ0) is 8.81. The summed E-state index contributed by atoms with van der Waals surface area (Å²) >= 11 is 0. The molecule has 1 rings (SSSR count). The maximum Gasteiger partial charge on any atom is 0.0494 e. The fraction of sp³-hybridized carbons (Fsp3) is 1.00. The first-order valence-corrected chi connectivity index (χ1v) is 4.81. The second-order valence-corrected chi connectivity index (χ2v) is 3.64. The Bertz CT molecular complexity index is 113. The highest BCUT2D eigenvalue weighted by atomic mass is 16.5.